The van der Waals surface area contributed by atoms with Crippen LogP contribution in [-0.4, -0.2) is 24.6 Å². The van der Waals surface area contributed by atoms with Crippen molar-refractivity contribution in [1.29, 1.82) is 0 Å². The predicted molar refractivity (Wildman–Crippen MR) is 103 cm³/mol. The highest BCUT2D eigenvalue weighted by atomic mass is 16.5. The summed E-state index contributed by atoms with van der Waals surface area (Å²) in [7, 11) is 0. The van der Waals surface area contributed by atoms with Gasteiger partial charge >= 0.3 is 0 Å². The fourth-order valence-electron chi connectivity index (χ4n) is 3.36. The van der Waals surface area contributed by atoms with Gasteiger partial charge in [0.15, 0.2) is 0 Å². The van der Waals surface area contributed by atoms with Crippen molar-refractivity contribution in [1.82, 2.24) is 4.90 Å². The standard InChI is InChI=1S/C23H23NO/c1-3-7-19(8-4-1)13-14-24-15-16-25-23-17-21(11-12-22(23)18-24)20-9-5-2-6-10-20/h1-12,17H,13-16,18H2. The van der Waals surface area contributed by atoms with Gasteiger partial charge in [0.2, 0.25) is 0 Å². The van der Waals surface area contributed by atoms with Crippen LogP contribution in [0.25, 0.3) is 11.1 Å². The van der Waals surface area contributed by atoms with Crippen LogP contribution in [0.3, 0.4) is 0 Å². The molecular formula is C23H23NO. The lowest BCUT2D eigenvalue weighted by Crippen LogP contribution is -2.27. The molecule has 1 heterocycles. The lowest BCUT2D eigenvalue weighted by molar-refractivity contribution is 0.228. The third-order valence-electron chi connectivity index (χ3n) is 4.79. The monoisotopic (exact) mass is 329 g/mol. The zero-order valence-electron chi connectivity index (χ0n) is 14.4. The molecule has 0 unspecified atom stereocenters. The summed E-state index contributed by atoms with van der Waals surface area (Å²) in [6.45, 7) is 3.74. The molecule has 0 bridgehead atoms. The van der Waals surface area contributed by atoms with Gasteiger partial charge in [0, 0.05) is 25.2 Å². The van der Waals surface area contributed by atoms with Crippen molar-refractivity contribution >= 4 is 0 Å². The number of hydrogen-bond donors (Lipinski definition) is 0. The van der Waals surface area contributed by atoms with Crippen LogP contribution in [0.5, 0.6) is 5.75 Å². The van der Waals surface area contributed by atoms with E-state index in [1.54, 1.807) is 0 Å². The second-order valence-electron chi connectivity index (χ2n) is 6.55. The Kier molecular flexibility index (Phi) is 4.80. The van der Waals surface area contributed by atoms with Gasteiger partial charge in [0.05, 0.1) is 0 Å². The number of ether oxygens (including phenoxy) is 1. The zero-order chi connectivity index (χ0) is 16.9. The van der Waals surface area contributed by atoms with Crippen LogP contribution in [0, 0.1) is 0 Å². The number of rotatable bonds is 4. The Morgan fingerprint density at radius 1 is 0.800 bits per heavy atom. The van der Waals surface area contributed by atoms with E-state index in [2.05, 4.69) is 77.7 Å². The lowest BCUT2D eigenvalue weighted by atomic mass is 10.0. The van der Waals surface area contributed by atoms with Gasteiger partial charge < -0.3 is 4.74 Å². The summed E-state index contributed by atoms with van der Waals surface area (Å²) in [6.07, 6.45) is 1.08. The SMILES string of the molecule is c1ccc(CCN2CCOc3cc(-c4ccccc4)ccc3C2)cc1. The summed E-state index contributed by atoms with van der Waals surface area (Å²) in [5.41, 5.74) is 5.13. The second-order valence-corrected chi connectivity index (χ2v) is 6.55. The van der Waals surface area contributed by atoms with Gasteiger partial charge in [0.1, 0.15) is 12.4 Å². The van der Waals surface area contributed by atoms with Crippen molar-refractivity contribution in [3.8, 4) is 16.9 Å². The van der Waals surface area contributed by atoms with Crippen LogP contribution >= 0.6 is 0 Å². The van der Waals surface area contributed by atoms with E-state index in [1.807, 2.05) is 6.07 Å². The van der Waals surface area contributed by atoms with E-state index in [9.17, 15) is 0 Å². The Balaban J connectivity index is 1.47. The van der Waals surface area contributed by atoms with E-state index >= 15 is 0 Å². The molecule has 1 aliphatic heterocycles. The molecule has 3 aromatic carbocycles. The Bertz CT molecular complexity index is 814. The summed E-state index contributed by atoms with van der Waals surface area (Å²) in [6, 6.07) is 27.8. The van der Waals surface area contributed by atoms with Crippen LogP contribution in [0.1, 0.15) is 11.1 Å². The molecule has 1 aliphatic rings. The Morgan fingerprint density at radius 3 is 2.36 bits per heavy atom. The molecule has 0 saturated carbocycles. The minimum atomic E-state index is 0.750. The molecule has 0 aliphatic carbocycles. The lowest BCUT2D eigenvalue weighted by Gasteiger charge is -2.19. The van der Waals surface area contributed by atoms with Gasteiger partial charge in [-0.15, -0.1) is 0 Å². The van der Waals surface area contributed by atoms with Gasteiger partial charge in [-0.3, -0.25) is 4.90 Å². The molecule has 126 valence electrons. The zero-order valence-corrected chi connectivity index (χ0v) is 14.4. The maximum Gasteiger partial charge on any atom is 0.124 e. The molecule has 2 heteroatoms. The number of fused-ring (bicyclic) bond motifs is 1. The molecule has 0 radical (unpaired) electrons. The van der Waals surface area contributed by atoms with Crippen LogP contribution in [0.2, 0.25) is 0 Å². The van der Waals surface area contributed by atoms with Gasteiger partial charge in [-0.05, 0) is 29.2 Å². The first kappa shape index (κ1) is 15.9. The fraction of sp³-hybridized carbons (Fsp3) is 0.217. The van der Waals surface area contributed by atoms with Crippen LogP contribution in [-0.2, 0) is 13.0 Å². The van der Waals surface area contributed by atoms with Crippen molar-refractivity contribution in [2.45, 2.75) is 13.0 Å². The Morgan fingerprint density at radius 2 is 1.56 bits per heavy atom. The largest absolute Gasteiger partial charge is 0.492 e. The maximum absolute atomic E-state index is 6.05. The minimum Gasteiger partial charge on any atom is -0.492 e. The van der Waals surface area contributed by atoms with Gasteiger partial charge in [-0.1, -0.05) is 72.8 Å². The highest BCUT2D eigenvalue weighted by Crippen LogP contribution is 2.29. The summed E-state index contributed by atoms with van der Waals surface area (Å²) < 4.78 is 6.05. The summed E-state index contributed by atoms with van der Waals surface area (Å²) in [4.78, 5) is 2.49. The molecule has 2 nitrogen and oxygen atoms in total. The number of benzene rings is 3. The van der Waals surface area contributed by atoms with Crippen molar-refractivity contribution in [3.63, 3.8) is 0 Å². The molecule has 0 N–H and O–H groups in total. The van der Waals surface area contributed by atoms with Crippen molar-refractivity contribution in [2.75, 3.05) is 19.7 Å². The summed E-state index contributed by atoms with van der Waals surface area (Å²) in [5.74, 6) is 1.03. The molecular weight excluding hydrogens is 306 g/mol. The average molecular weight is 329 g/mol. The minimum absolute atomic E-state index is 0.750. The highest BCUT2D eigenvalue weighted by molar-refractivity contribution is 5.66. The van der Waals surface area contributed by atoms with Crippen LogP contribution in [0.4, 0.5) is 0 Å². The summed E-state index contributed by atoms with van der Waals surface area (Å²) in [5, 5.41) is 0. The third kappa shape index (κ3) is 3.92. The van der Waals surface area contributed by atoms with Gasteiger partial charge in [0.25, 0.3) is 0 Å². The topological polar surface area (TPSA) is 12.5 Å². The van der Waals surface area contributed by atoms with E-state index in [1.165, 1.54) is 22.3 Å². The number of hydrogen-bond acceptors (Lipinski definition) is 2. The molecule has 0 atom stereocenters. The van der Waals surface area contributed by atoms with Crippen molar-refractivity contribution in [3.05, 3.63) is 90.0 Å². The van der Waals surface area contributed by atoms with Crippen molar-refractivity contribution < 1.29 is 4.74 Å². The molecule has 0 amide bonds. The first-order chi connectivity index (χ1) is 12.4. The molecule has 0 saturated heterocycles. The first-order valence-electron chi connectivity index (χ1n) is 8.96. The molecule has 0 fully saturated rings. The summed E-state index contributed by atoms with van der Waals surface area (Å²) >= 11 is 0. The molecule has 3 aromatic rings. The molecule has 25 heavy (non-hydrogen) atoms. The van der Waals surface area contributed by atoms with Crippen LogP contribution < -0.4 is 4.74 Å². The van der Waals surface area contributed by atoms with E-state index in [4.69, 9.17) is 4.74 Å². The van der Waals surface area contributed by atoms with Crippen LogP contribution in [0.15, 0.2) is 78.9 Å². The van der Waals surface area contributed by atoms with E-state index < -0.39 is 0 Å². The molecule has 4 rings (SSSR count). The average Bonchev–Trinajstić information content (AvgIpc) is 2.89. The van der Waals surface area contributed by atoms with Gasteiger partial charge in [-0.25, -0.2) is 0 Å². The maximum atomic E-state index is 6.05. The van der Waals surface area contributed by atoms with E-state index in [0.717, 1.165) is 38.4 Å². The molecule has 0 aromatic heterocycles. The van der Waals surface area contributed by atoms with E-state index in [0.29, 0.717) is 0 Å². The highest BCUT2D eigenvalue weighted by Gasteiger charge is 2.16. The smallest absolute Gasteiger partial charge is 0.124 e. The second kappa shape index (κ2) is 7.54. The van der Waals surface area contributed by atoms with Gasteiger partial charge in [-0.2, -0.15) is 0 Å². The van der Waals surface area contributed by atoms with Crippen molar-refractivity contribution in [2.24, 2.45) is 0 Å². The first-order valence-corrected chi connectivity index (χ1v) is 8.96. The molecule has 0 spiro atoms. The Hall–Kier alpha value is -2.58. The quantitative estimate of drug-likeness (QED) is 0.682. The third-order valence-corrected chi connectivity index (χ3v) is 4.79. The fourth-order valence-corrected chi connectivity index (χ4v) is 3.36. The Labute approximate surface area is 149 Å². The normalized spacial score (nSPS) is 14.4. The number of nitrogens with zero attached hydrogens (tertiary/aromatic N) is 1. The predicted octanol–water partition coefficient (Wildman–Crippen LogP) is 4.79. The van der Waals surface area contributed by atoms with E-state index in [-0.39, 0.29) is 0 Å².